The van der Waals surface area contributed by atoms with E-state index in [4.69, 9.17) is 4.74 Å². The summed E-state index contributed by atoms with van der Waals surface area (Å²) in [4.78, 5) is 16.7. The van der Waals surface area contributed by atoms with Crippen molar-refractivity contribution in [2.45, 2.75) is 31.4 Å². The van der Waals surface area contributed by atoms with Crippen LogP contribution in [-0.2, 0) is 11.8 Å². The van der Waals surface area contributed by atoms with Gasteiger partial charge in [0, 0.05) is 46.0 Å². The Balaban J connectivity index is 1.66. The second kappa shape index (κ2) is 8.99. The molecule has 0 saturated carbocycles. The Bertz CT molecular complexity index is 598. The van der Waals surface area contributed by atoms with Crippen molar-refractivity contribution in [3.8, 4) is 0 Å². The zero-order valence-corrected chi connectivity index (χ0v) is 16.0. The average Bonchev–Trinajstić information content (AvgIpc) is 3.03. The van der Waals surface area contributed by atoms with Crippen LogP contribution in [0.5, 0.6) is 0 Å². The van der Waals surface area contributed by atoms with E-state index in [1.165, 1.54) is 6.42 Å². The molecule has 2 aliphatic heterocycles. The van der Waals surface area contributed by atoms with E-state index in [1.807, 2.05) is 17.7 Å². The average molecular weight is 364 g/mol. The molecule has 1 amide bonds. The lowest BCUT2D eigenvalue weighted by atomic mass is 9.98. The molecule has 1 aromatic rings. The molecule has 146 valence electrons. The first-order valence-corrected chi connectivity index (χ1v) is 9.70. The largest absolute Gasteiger partial charge is 0.390 e. The molecule has 7 heteroatoms. The van der Waals surface area contributed by atoms with Gasteiger partial charge in [-0.25, -0.2) is 0 Å². The predicted molar refractivity (Wildman–Crippen MR) is 100 cm³/mol. The van der Waals surface area contributed by atoms with E-state index in [9.17, 15) is 9.90 Å². The Labute approximate surface area is 155 Å². The molecule has 0 unspecified atom stereocenters. The number of carbonyl (C=O) groups is 1. The number of rotatable bonds is 6. The minimum absolute atomic E-state index is 0.0616. The van der Waals surface area contributed by atoms with Crippen LogP contribution in [0, 0.1) is 0 Å². The van der Waals surface area contributed by atoms with E-state index in [2.05, 4.69) is 21.2 Å². The Morgan fingerprint density at radius 2 is 2.04 bits per heavy atom. The number of aromatic nitrogens is 1. The van der Waals surface area contributed by atoms with Gasteiger partial charge >= 0.3 is 0 Å². The van der Waals surface area contributed by atoms with E-state index in [0.29, 0.717) is 18.8 Å². The van der Waals surface area contributed by atoms with E-state index < -0.39 is 0 Å². The SMILES string of the molecule is CNC(=O)c1ccc([C@H]2CCCCN2C[C@H](O)CN2CCOCC2)n1C. The van der Waals surface area contributed by atoms with Crippen molar-refractivity contribution in [1.82, 2.24) is 19.7 Å². The Morgan fingerprint density at radius 1 is 1.27 bits per heavy atom. The first-order chi connectivity index (χ1) is 12.6. The van der Waals surface area contributed by atoms with Crippen LogP contribution in [0.2, 0.25) is 0 Å². The number of hydrogen-bond acceptors (Lipinski definition) is 5. The third-order valence-electron chi connectivity index (χ3n) is 5.59. The third-order valence-corrected chi connectivity index (χ3v) is 5.59. The molecule has 3 heterocycles. The summed E-state index contributed by atoms with van der Waals surface area (Å²) in [6.07, 6.45) is 3.04. The summed E-state index contributed by atoms with van der Waals surface area (Å²) in [6.45, 7) is 5.66. The molecule has 2 aliphatic rings. The summed E-state index contributed by atoms with van der Waals surface area (Å²) in [7, 11) is 3.61. The molecule has 0 aromatic carbocycles. The van der Waals surface area contributed by atoms with Gasteiger partial charge in [0.15, 0.2) is 0 Å². The van der Waals surface area contributed by atoms with Gasteiger partial charge in [0.2, 0.25) is 0 Å². The molecule has 0 spiro atoms. The molecule has 3 rings (SSSR count). The highest BCUT2D eigenvalue weighted by atomic mass is 16.5. The van der Waals surface area contributed by atoms with Crippen molar-refractivity contribution in [2.75, 3.05) is 53.0 Å². The monoisotopic (exact) mass is 364 g/mol. The zero-order valence-electron chi connectivity index (χ0n) is 16.0. The van der Waals surface area contributed by atoms with E-state index in [-0.39, 0.29) is 18.1 Å². The first kappa shape index (κ1) is 19.4. The number of ether oxygens (including phenoxy) is 1. The van der Waals surface area contributed by atoms with Crippen LogP contribution in [0.1, 0.15) is 41.5 Å². The Morgan fingerprint density at radius 3 is 2.77 bits per heavy atom. The van der Waals surface area contributed by atoms with Crippen LogP contribution in [0.15, 0.2) is 12.1 Å². The van der Waals surface area contributed by atoms with E-state index in [0.717, 1.165) is 51.4 Å². The van der Waals surface area contributed by atoms with Gasteiger partial charge in [0.05, 0.1) is 25.4 Å². The second-order valence-electron chi connectivity index (χ2n) is 7.35. The topological polar surface area (TPSA) is 70.0 Å². The number of carbonyl (C=O) groups excluding carboxylic acids is 1. The maximum Gasteiger partial charge on any atom is 0.267 e. The highest BCUT2D eigenvalue weighted by Gasteiger charge is 2.29. The maximum absolute atomic E-state index is 12.0. The summed E-state index contributed by atoms with van der Waals surface area (Å²) in [5, 5.41) is 13.3. The number of nitrogens with one attached hydrogen (secondary N) is 1. The molecule has 2 fully saturated rings. The number of morpholine rings is 1. The molecule has 2 N–H and O–H groups in total. The van der Waals surface area contributed by atoms with Crippen molar-refractivity contribution in [3.63, 3.8) is 0 Å². The fourth-order valence-corrected chi connectivity index (χ4v) is 4.17. The maximum atomic E-state index is 12.0. The number of piperidine rings is 1. The van der Waals surface area contributed by atoms with Crippen molar-refractivity contribution < 1.29 is 14.6 Å². The lowest BCUT2D eigenvalue weighted by Gasteiger charge is -2.38. The summed E-state index contributed by atoms with van der Waals surface area (Å²) < 4.78 is 7.38. The molecule has 26 heavy (non-hydrogen) atoms. The van der Waals surface area contributed by atoms with Crippen molar-refractivity contribution in [3.05, 3.63) is 23.5 Å². The highest BCUT2D eigenvalue weighted by Crippen LogP contribution is 2.31. The van der Waals surface area contributed by atoms with Gasteiger partial charge in [0.25, 0.3) is 5.91 Å². The van der Waals surface area contributed by atoms with E-state index in [1.54, 1.807) is 7.05 Å². The molecule has 0 radical (unpaired) electrons. The van der Waals surface area contributed by atoms with Crippen LogP contribution in [0.4, 0.5) is 0 Å². The lowest BCUT2D eigenvalue weighted by molar-refractivity contribution is -0.00103. The summed E-state index contributed by atoms with van der Waals surface area (Å²) in [5.41, 5.74) is 1.84. The Hall–Kier alpha value is -1.41. The fraction of sp³-hybridized carbons (Fsp3) is 0.737. The van der Waals surface area contributed by atoms with Gasteiger partial charge in [-0.2, -0.15) is 0 Å². The Kier molecular flexibility index (Phi) is 6.69. The normalized spacial score (nSPS) is 23.7. The summed E-state index contributed by atoms with van der Waals surface area (Å²) in [5.74, 6) is -0.0616. The van der Waals surface area contributed by atoms with Gasteiger partial charge < -0.3 is 19.7 Å². The minimum atomic E-state index is -0.368. The number of nitrogens with zero attached hydrogens (tertiary/aromatic N) is 3. The van der Waals surface area contributed by atoms with Crippen LogP contribution >= 0.6 is 0 Å². The van der Waals surface area contributed by atoms with Gasteiger partial charge in [-0.15, -0.1) is 0 Å². The smallest absolute Gasteiger partial charge is 0.267 e. The van der Waals surface area contributed by atoms with Gasteiger partial charge in [-0.1, -0.05) is 6.42 Å². The first-order valence-electron chi connectivity index (χ1n) is 9.70. The molecule has 0 aliphatic carbocycles. The van der Waals surface area contributed by atoms with Gasteiger partial charge in [-0.3, -0.25) is 14.6 Å². The number of β-amino-alcohol motifs (C(OH)–C–C–N with tert-alkyl or cyclic N) is 1. The molecule has 2 atom stereocenters. The molecule has 7 nitrogen and oxygen atoms in total. The number of amides is 1. The number of likely N-dealkylation sites (tertiary alicyclic amines) is 1. The van der Waals surface area contributed by atoms with Gasteiger partial charge in [0.1, 0.15) is 5.69 Å². The summed E-state index contributed by atoms with van der Waals surface area (Å²) >= 11 is 0. The molecule has 0 bridgehead atoms. The molecular formula is C19H32N4O3. The predicted octanol–water partition coefficient (Wildman–Crippen LogP) is 0.605. The highest BCUT2D eigenvalue weighted by molar-refractivity contribution is 5.92. The van der Waals surface area contributed by atoms with Crippen LogP contribution in [0.25, 0.3) is 0 Å². The fourth-order valence-electron chi connectivity index (χ4n) is 4.17. The molecular weight excluding hydrogens is 332 g/mol. The van der Waals surface area contributed by atoms with Crippen molar-refractivity contribution in [1.29, 1.82) is 0 Å². The zero-order chi connectivity index (χ0) is 18.5. The molecule has 1 aromatic heterocycles. The van der Waals surface area contributed by atoms with Crippen LogP contribution < -0.4 is 5.32 Å². The summed E-state index contributed by atoms with van der Waals surface area (Å²) in [6, 6.07) is 4.21. The van der Waals surface area contributed by atoms with Crippen LogP contribution in [0.3, 0.4) is 0 Å². The van der Waals surface area contributed by atoms with Crippen molar-refractivity contribution in [2.24, 2.45) is 7.05 Å². The van der Waals surface area contributed by atoms with Crippen LogP contribution in [-0.4, -0.2) is 84.5 Å². The van der Waals surface area contributed by atoms with Crippen molar-refractivity contribution >= 4 is 5.91 Å². The number of aliphatic hydroxyl groups excluding tert-OH is 1. The standard InChI is InChI=1S/C19H32N4O3/c1-20-19(25)18-7-6-16(21(18)2)17-5-3-4-8-23(17)14-15(24)13-22-9-11-26-12-10-22/h6-7,15,17,24H,3-5,8-14H2,1-2H3,(H,20,25)/t15-,17-/m1/s1. The number of hydrogen-bond donors (Lipinski definition) is 2. The van der Waals surface area contributed by atoms with Gasteiger partial charge in [-0.05, 0) is 31.5 Å². The quantitative estimate of drug-likeness (QED) is 0.774. The molecule has 2 saturated heterocycles. The number of aliphatic hydroxyl groups is 1. The lowest BCUT2D eigenvalue weighted by Crippen LogP contribution is -2.46. The minimum Gasteiger partial charge on any atom is -0.390 e. The van der Waals surface area contributed by atoms with E-state index >= 15 is 0 Å². The third kappa shape index (κ3) is 4.46. The second-order valence-corrected chi connectivity index (χ2v) is 7.35.